The number of carbonyl (C=O) groups excluding carboxylic acids is 2. The van der Waals surface area contributed by atoms with E-state index in [0.717, 1.165) is 50.0 Å². The first-order chi connectivity index (χ1) is 22.8. The van der Waals surface area contributed by atoms with Crippen LogP contribution in [-0.4, -0.2) is 54.3 Å². The van der Waals surface area contributed by atoms with E-state index in [0.29, 0.717) is 59.3 Å². The van der Waals surface area contributed by atoms with Gasteiger partial charge in [0.15, 0.2) is 5.82 Å². The molecule has 1 amide bonds. The van der Waals surface area contributed by atoms with Crippen LogP contribution in [0.3, 0.4) is 0 Å². The quantitative estimate of drug-likeness (QED) is 0.265. The molecule has 2 aromatic carbocycles. The predicted octanol–water partition coefficient (Wildman–Crippen LogP) is 5.37. The van der Waals surface area contributed by atoms with Crippen molar-refractivity contribution < 1.29 is 23.5 Å². The van der Waals surface area contributed by atoms with Crippen molar-refractivity contribution in [3.63, 3.8) is 0 Å². The topological polar surface area (TPSA) is 106 Å². The highest BCUT2D eigenvalue weighted by atomic mass is 32.1. The van der Waals surface area contributed by atoms with Gasteiger partial charge in [0.05, 0.1) is 29.5 Å². The molecule has 4 heterocycles. The van der Waals surface area contributed by atoms with Crippen molar-refractivity contribution in [1.29, 1.82) is 0 Å². The van der Waals surface area contributed by atoms with E-state index in [4.69, 9.17) is 9.47 Å². The zero-order chi connectivity index (χ0) is 32.7. The van der Waals surface area contributed by atoms with Gasteiger partial charge in [-0.2, -0.15) is 0 Å². The van der Waals surface area contributed by atoms with Crippen molar-refractivity contribution in [1.82, 2.24) is 9.55 Å². The number of hydrogen-bond donors (Lipinski definition) is 1. The first kappa shape index (κ1) is 31.1. The Morgan fingerprint density at radius 1 is 1.04 bits per heavy atom. The van der Waals surface area contributed by atoms with Crippen LogP contribution >= 0.6 is 11.3 Å². The molecule has 1 aliphatic carbocycles. The molecule has 0 radical (unpaired) electrons. The molecular weight excluding hydrogens is 621 g/mol. The van der Waals surface area contributed by atoms with Crippen LogP contribution in [0, 0.1) is 5.82 Å². The summed E-state index contributed by atoms with van der Waals surface area (Å²) in [5.74, 6) is -1.21. The lowest BCUT2D eigenvalue weighted by molar-refractivity contribution is -0.142. The zero-order valence-electron chi connectivity index (χ0n) is 26.4. The number of hydrogen-bond acceptors (Lipinski definition) is 9. The summed E-state index contributed by atoms with van der Waals surface area (Å²) in [6.45, 7) is 4.44. The number of rotatable bonds is 7. The molecule has 0 bridgehead atoms. The highest BCUT2D eigenvalue weighted by Gasteiger charge is 2.34. The van der Waals surface area contributed by atoms with Crippen molar-refractivity contribution in [3.05, 3.63) is 85.2 Å². The maximum Gasteiger partial charge on any atom is 0.302 e. The average Bonchev–Trinajstić information content (AvgIpc) is 3.46. The largest absolute Gasteiger partial charge is 0.461 e. The molecule has 1 fully saturated rings. The van der Waals surface area contributed by atoms with Gasteiger partial charge in [0.1, 0.15) is 12.4 Å². The number of fused-ring (bicyclic) bond motifs is 3. The molecule has 1 N–H and O–H groups in total. The summed E-state index contributed by atoms with van der Waals surface area (Å²) in [6, 6.07) is 10.3. The molecule has 0 unspecified atom stereocenters. The number of morpholine rings is 1. The molecule has 0 atom stereocenters. The number of benzene rings is 2. The Morgan fingerprint density at radius 2 is 1.81 bits per heavy atom. The maximum atomic E-state index is 15.5. The van der Waals surface area contributed by atoms with Gasteiger partial charge in [-0.15, -0.1) is 11.3 Å². The van der Waals surface area contributed by atoms with Crippen LogP contribution in [-0.2, 0) is 47.2 Å². The van der Waals surface area contributed by atoms with Gasteiger partial charge in [0.2, 0.25) is 0 Å². The summed E-state index contributed by atoms with van der Waals surface area (Å²) in [7, 11) is 1.60. The second-order valence-corrected chi connectivity index (χ2v) is 13.2. The number of esters is 1. The Bertz CT molecular complexity index is 1910. The zero-order valence-corrected chi connectivity index (χ0v) is 27.3. The fraction of sp³-hybridized carbons (Fsp3) is 0.371. The number of thiophene rings is 1. The summed E-state index contributed by atoms with van der Waals surface area (Å²) in [6.07, 6.45) is 6.40. The van der Waals surface area contributed by atoms with E-state index >= 15 is 4.39 Å². The lowest BCUT2D eigenvalue weighted by Crippen LogP contribution is -2.38. The third kappa shape index (κ3) is 6.15. The lowest BCUT2D eigenvalue weighted by Gasteiger charge is -2.30. The Morgan fingerprint density at radius 3 is 2.57 bits per heavy atom. The summed E-state index contributed by atoms with van der Waals surface area (Å²) in [5.41, 5.74) is 5.16. The van der Waals surface area contributed by atoms with Crippen LogP contribution in [0.4, 0.5) is 27.3 Å². The molecular formula is C35H36FN5O5S. The number of halogens is 1. The van der Waals surface area contributed by atoms with Gasteiger partial charge in [0.25, 0.3) is 11.5 Å². The Labute approximate surface area is 275 Å². The first-order valence-corrected chi connectivity index (χ1v) is 16.8. The molecule has 47 heavy (non-hydrogen) atoms. The van der Waals surface area contributed by atoms with Gasteiger partial charge in [-0.05, 0) is 79.6 Å². The highest BCUT2D eigenvalue weighted by molar-refractivity contribution is 7.14. The average molecular weight is 658 g/mol. The van der Waals surface area contributed by atoms with Crippen LogP contribution in [0.2, 0.25) is 0 Å². The van der Waals surface area contributed by atoms with Crippen LogP contribution < -0.4 is 20.7 Å². The molecule has 7 rings (SSSR count). The molecule has 244 valence electrons. The molecule has 0 saturated carbocycles. The number of carbonyl (C=O) groups is 2. The molecule has 1 saturated heterocycles. The maximum absolute atomic E-state index is 15.5. The molecule has 2 aromatic heterocycles. The van der Waals surface area contributed by atoms with E-state index in [-0.39, 0.29) is 23.9 Å². The van der Waals surface area contributed by atoms with Crippen molar-refractivity contribution in [3.8, 4) is 11.3 Å². The molecule has 12 heteroatoms. The number of anilines is 4. The van der Waals surface area contributed by atoms with E-state index in [1.54, 1.807) is 23.3 Å². The van der Waals surface area contributed by atoms with Crippen LogP contribution in [0.25, 0.3) is 11.3 Å². The van der Waals surface area contributed by atoms with Crippen molar-refractivity contribution >= 4 is 46.1 Å². The van der Waals surface area contributed by atoms with E-state index in [2.05, 4.69) is 15.2 Å². The number of aromatic nitrogens is 2. The summed E-state index contributed by atoms with van der Waals surface area (Å²) < 4.78 is 27.8. The third-order valence-corrected chi connectivity index (χ3v) is 10.4. The standard InChI is InChI=1S/C35H36FN5O5S/c1-21(42)46-20-28-27(17-22(36)18-30(28)41-12-11-26-25-5-3-4-6-31(25)47-32(26)34(41)43)29-19-39(2)35(44)33(38-29)37-23-7-9-24(10-8-23)40-13-15-45-16-14-40/h7-10,17-19H,3-6,11-16,20H2,1-2H3,(H,37,38). The Hall–Kier alpha value is -4.55. The smallest absolute Gasteiger partial charge is 0.302 e. The van der Waals surface area contributed by atoms with Gasteiger partial charge in [0, 0.05) is 67.2 Å². The molecule has 3 aliphatic rings. The second-order valence-electron chi connectivity index (χ2n) is 12.1. The fourth-order valence-corrected chi connectivity index (χ4v) is 8.08. The SMILES string of the molecule is CC(=O)OCc1c(-c2cn(C)c(=O)c(Nc3ccc(N4CCOCC4)cc3)n2)cc(F)cc1N1CCc2c(sc3c2CCCC3)C1=O. The van der Waals surface area contributed by atoms with Gasteiger partial charge in [-0.1, -0.05) is 0 Å². The predicted molar refractivity (Wildman–Crippen MR) is 179 cm³/mol. The summed E-state index contributed by atoms with van der Waals surface area (Å²) in [5, 5.41) is 3.13. The number of amides is 1. The molecule has 4 aromatic rings. The number of nitrogens with one attached hydrogen (secondary N) is 1. The summed E-state index contributed by atoms with van der Waals surface area (Å²) in [4.78, 5) is 49.6. The van der Waals surface area contributed by atoms with Gasteiger partial charge >= 0.3 is 5.97 Å². The minimum absolute atomic E-state index is 0.0521. The van der Waals surface area contributed by atoms with Crippen LogP contribution in [0.5, 0.6) is 0 Å². The van der Waals surface area contributed by atoms with E-state index < -0.39 is 11.8 Å². The monoisotopic (exact) mass is 657 g/mol. The third-order valence-electron chi connectivity index (χ3n) is 9.06. The van der Waals surface area contributed by atoms with Gasteiger partial charge in [-0.25, -0.2) is 9.37 Å². The van der Waals surface area contributed by atoms with Gasteiger partial charge in [-0.3, -0.25) is 14.4 Å². The Kier molecular flexibility index (Phi) is 8.54. The summed E-state index contributed by atoms with van der Waals surface area (Å²) >= 11 is 1.55. The van der Waals surface area contributed by atoms with Crippen molar-refractivity contribution in [2.45, 2.75) is 45.6 Å². The molecule has 2 aliphatic heterocycles. The van der Waals surface area contributed by atoms with Crippen LogP contribution in [0.15, 0.2) is 47.4 Å². The fourth-order valence-electron chi connectivity index (χ4n) is 6.69. The molecule has 0 spiro atoms. The van der Waals surface area contributed by atoms with Crippen LogP contribution in [0.1, 0.15) is 51.0 Å². The first-order valence-electron chi connectivity index (χ1n) is 16.0. The van der Waals surface area contributed by atoms with Gasteiger partial charge < -0.3 is 29.2 Å². The van der Waals surface area contributed by atoms with E-state index in [1.165, 1.54) is 40.3 Å². The van der Waals surface area contributed by atoms with Crippen molar-refractivity contribution in [2.24, 2.45) is 7.05 Å². The minimum Gasteiger partial charge on any atom is -0.461 e. The molecule has 10 nitrogen and oxygen atoms in total. The second kappa shape index (κ2) is 12.9. The van der Waals surface area contributed by atoms with E-state index in [1.807, 2.05) is 24.3 Å². The highest BCUT2D eigenvalue weighted by Crippen LogP contribution is 2.41. The van der Waals surface area contributed by atoms with Crippen molar-refractivity contribution in [2.75, 3.05) is 48.0 Å². The number of nitrogens with zero attached hydrogens (tertiary/aromatic N) is 4. The Balaban J connectivity index is 1.25. The number of aryl methyl sites for hydroxylation is 2. The lowest BCUT2D eigenvalue weighted by atomic mass is 9.91. The normalized spacial score (nSPS) is 16.1. The van der Waals surface area contributed by atoms with E-state index in [9.17, 15) is 14.4 Å². The number of ether oxygens (including phenoxy) is 2. The minimum atomic E-state index is -0.575.